The molecule has 0 aliphatic heterocycles. The summed E-state index contributed by atoms with van der Waals surface area (Å²) in [5, 5.41) is 2.17. The molecule has 0 spiro atoms. The average Bonchev–Trinajstić information content (AvgIpc) is 2.39. The van der Waals surface area contributed by atoms with Gasteiger partial charge >= 0.3 is 0 Å². The maximum Gasteiger partial charge on any atom is 0.0632 e. The van der Waals surface area contributed by atoms with Crippen molar-refractivity contribution in [3.63, 3.8) is 0 Å². The second-order valence-electron chi connectivity index (χ2n) is 4.84. The van der Waals surface area contributed by atoms with Crippen LogP contribution >= 0.6 is 0 Å². The van der Waals surface area contributed by atoms with Crippen LogP contribution in [0.4, 0.5) is 11.4 Å². The Balaban J connectivity index is 2.42. The Morgan fingerprint density at radius 2 is 2.11 bits per heavy atom. The average molecular weight is 243 g/mol. The summed E-state index contributed by atoms with van der Waals surface area (Å²) in [6.07, 6.45) is 6.00. The molecule has 0 saturated carbocycles. The number of fused-ring (bicyclic) bond motifs is 1. The Morgan fingerprint density at radius 3 is 2.83 bits per heavy atom. The zero-order valence-electron chi connectivity index (χ0n) is 11.4. The number of aromatic nitrogens is 1. The van der Waals surface area contributed by atoms with Gasteiger partial charge in [-0.05, 0) is 25.5 Å². The minimum absolute atomic E-state index is 0.497. The van der Waals surface area contributed by atoms with Crippen molar-refractivity contribution < 1.29 is 0 Å². The van der Waals surface area contributed by atoms with Crippen LogP contribution in [0.5, 0.6) is 0 Å². The second kappa shape index (κ2) is 5.25. The normalized spacial score (nSPS) is 12.6. The maximum atomic E-state index is 6.28. The highest BCUT2D eigenvalue weighted by Gasteiger charge is 2.13. The first-order valence-corrected chi connectivity index (χ1v) is 6.50. The minimum atomic E-state index is 0.497. The first-order valence-electron chi connectivity index (χ1n) is 6.50. The van der Waals surface area contributed by atoms with E-state index >= 15 is 0 Å². The van der Waals surface area contributed by atoms with E-state index in [1.54, 1.807) is 6.20 Å². The SMILES string of the molecule is CCCC(C)N(C)c1ccc2cnccc2c1N. The molecule has 0 radical (unpaired) electrons. The van der Waals surface area contributed by atoms with Crippen molar-refractivity contribution in [2.45, 2.75) is 32.7 Å². The molecule has 1 unspecified atom stereocenters. The molecule has 0 aliphatic carbocycles. The van der Waals surface area contributed by atoms with Crippen molar-refractivity contribution in [3.8, 4) is 0 Å². The first-order chi connectivity index (χ1) is 8.65. The molecule has 0 fully saturated rings. The molecule has 1 heterocycles. The fourth-order valence-electron chi connectivity index (χ4n) is 2.34. The lowest BCUT2D eigenvalue weighted by Gasteiger charge is -2.28. The first kappa shape index (κ1) is 12.7. The van der Waals surface area contributed by atoms with Crippen molar-refractivity contribution in [1.82, 2.24) is 4.98 Å². The van der Waals surface area contributed by atoms with E-state index in [0.29, 0.717) is 6.04 Å². The van der Waals surface area contributed by atoms with Crippen LogP contribution in [-0.4, -0.2) is 18.1 Å². The number of benzene rings is 1. The van der Waals surface area contributed by atoms with E-state index in [1.165, 1.54) is 12.8 Å². The van der Waals surface area contributed by atoms with E-state index in [2.05, 4.69) is 42.9 Å². The largest absolute Gasteiger partial charge is 0.397 e. The predicted molar refractivity (Wildman–Crippen MR) is 78.9 cm³/mol. The van der Waals surface area contributed by atoms with Crippen molar-refractivity contribution >= 4 is 22.1 Å². The number of hydrogen-bond donors (Lipinski definition) is 1. The minimum Gasteiger partial charge on any atom is -0.397 e. The number of rotatable bonds is 4. The Bertz CT molecular complexity index is 536. The third-order valence-electron chi connectivity index (χ3n) is 3.59. The summed E-state index contributed by atoms with van der Waals surface area (Å²) in [6.45, 7) is 4.44. The molecule has 1 aromatic heterocycles. The summed E-state index contributed by atoms with van der Waals surface area (Å²) in [4.78, 5) is 6.39. The summed E-state index contributed by atoms with van der Waals surface area (Å²) >= 11 is 0. The van der Waals surface area contributed by atoms with Gasteiger partial charge in [0.15, 0.2) is 0 Å². The molecule has 2 N–H and O–H groups in total. The number of anilines is 2. The highest BCUT2D eigenvalue weighted by Crippen LogP contribution is 2.31. The van der Waals surface area contributed by atoms with E-state index in [0.717, 1.165) is 22.1 Å². The monoisotopic (exact) mass is 243 g/mol. The van der Waals surface area contributed by atoms with Crippen LogP contribution < -0.4 is 10.6 Å². The van der Waals surface area contributed by atoms with Crippen LogP contribution in [0.15, 0.2) is 30.6 Å². The van der Waals surface area contributed by atoms with Crippen LogP contribution in [0.1, 0.15) is 26.7 Å². The van der Waals surface area contributed by atoms with Gasteiger partial charge in [0, 0.05) is 36.3 Å². The Hall–Kier alpha value is -1.77. The number of nitrogen functional groups attached to an aromatic ring is 1. The number of nitrogens with zero attached hydrogens (tertiary/aromatic N) is 2. The summed E-state index contributed by atoms with van der Waals surface area (Å²) < 4.78 is 0. The standard InChI is InChI=1S/C15H21N3/c1-4-5-11(2)18(3)14-7-6-12-10-17-9-8-13(12)15(14)16/h6-11H,4-5,16H2,1-3H3. The van der Waals surface area contributed by atoms with Crippen molar-refractivity contribution in [2.24, 2.45) is 0 Å². The summed E-state index contributed by atoms with van der Waals surface area (Å²) in [7, 11) is 2.11. The lowest BCUT2D eigenvalue weighted by atomic mass is 10.1. The molecule has 1 aromatic carbocycles. The lowest BCUT2D eigenvalue weighted by molar-refractivity contribution is 0.617. The molecule has 0 saturated heterocycles. The molecule has 3 heteroatoms. The molecule has 2 rings (SSSR count). The number of nitrogens with two attached hydrogens (primary N) is 1. The highest BCUT2D eigenvalue weighted by molar-refractivity contribution is 5.98. The molecular formula is C15H21N3. The van der Waals surface area contributed by atoms with Gasteiger partial charge in [-0.25, -0.2) is 0 Å². The van der Waals surface area contributed by atoms with Crippen molar-refractivity contribution in [3.05, 3.63) is 30.6 Å². The Morgan fingerprint density at radius 1 is 1.33 bits per heavy atom. The van der Waals surface area contributed by atoms with E-state index in [-0.39, 0.29) is 0 Å². The van der Waals surface area contributed by atoms with Gasteiger partial charge in [0.05, 0.1) is 11.4 Å². The fraction of sp³-hybridized carbons (Fsp3) is 0.400. The third kappa shape index (κ3) is 2.26. The quantitative estimate of drug-likeness (QED) is 0.836. The van der Waals surface area contributed by atoms with Gasteiger partial charge in [-0.3, -0.25) is 4.98 Å². The number of hydrogen-bond acceptors (Lipinski definition) is 3. The molecule has 0 bridgehead atoms. The van der Waals surface area contributed by atoms with E-state index in [9.17, 15) is 0 Å². The summed E-state index contributed by atoms with van der Waals surface area (Å²) in [5.74, 6) is 0. The maximum absolute atomic E-state index is 6.28. The third-order valence-corrected chi connectivity index (χ3v) is 3.59. The molecule has 0 amide bonds. The van der Waals surface area contributed by atoms with Crippen LogP contribution in [0, 0.1) is 0 Å². The van der Waals surface area contributed by atoms with E-state index in [4.69, 9.17) is 5.73 Å². The predicted octanol–water partition coefficient (Wildman–Crippen LogP) is 3.44. The molecular weight excluding hydrogens is 222 g/mol. The van der Waals surface area contributed by atoms with Crippen molar-refractivity contribution in [1.29, 1.82) is 0 Å². The second-order valence-corrected chi connectivity index (χ2v) is 4.84. The molecule has 18 heavy (non-hydrogen) atoms. The lowest BCUT2D eigenvalue weighted by Crippen LogP contribution is -2.29. The topological polar surface area (TPSA) is 42.2 Å². The smallest absolute Gasteiger partial charge is 0.0632 e. The van der Waals surface area contributed by atoms with E-state index < -0.39 is 0 Å². The zero-order chi connectivity index (χ0) is 13.1. The fourth-order valence-corrected chi connectivity index (χ4v) is 2.34. The van der Waals surface area contributed by atoms with Gasteiger partial charge in [-0.2, -0.15) is 0 Å². The Labute approximate surface area is 109 Å². The molecule has 3 nitrogen and oxygen atoms in total. The van der Waals surface area contributed by atoms with Gasteiger partial charge in [0.2, 0.25) is 0 Å². The van der Waals surface area contributed by atoms with Gasteiger partial charge in [-0.15, -0.1) is 0 Å². The van der Waals surface area contributed by atoms with E-state index in [1.807, 2.05) is 12.3 Å². The molecule has 2 aromatic rings. The van der Waals surface area contributed by atoms with Gasteiger partial charge < -0.3 is 10.6 Å². The van der Waals surface area contributed by atoms with Crippen LogP contribution in [0.3, 0.4) is 0 Å². The van der Waals surface area contributed by atoms with Crippen molar-refractivity contribution in [2.75, 3.05) is 17.7 Å². The molecule has 0 aliphatic rings. The van der Waals surface area contributed by atoms with Crippen LogP contribution in [-0.2, 0) is 0 Å². The van der Waals surface area contributed by atoms with Gasteiger partial charge in [0.1, 0.15) is 0 Å². The highest BCUT2D eigenvalue weighted by atomic mass is 15.1. The van der Waals surface area contributed by atoms with Crippen LogP contribution in [0.25, 0.3) is 10.8 Å². The van der Waals surface area contributed by atoms with Gasteiger partial charge in [-0.1, -0.05) is 19.4 Å². The van der Waals surface area contributed by atoms with Crippen LogP contribution in [0.2, 0.25) is 0 Å². The Kier molecular flexibility index (Phi) is 3.70. The van der Waals surface area contributed by atoms with Gasteiger partial charge in [0.25, 0.3) is 0 Å². The summed E-state index contributed by atoms with van der Waals surface area (Å²) in [5.41, 5.74) is 8.24. The zero-order valence-corrected chi connectivity index (χ0v) is 11.4. The molecule has 1 atom stereocenters. The number of pyridine rings is 1. The molecule has 96 valence electrons. The summed E-state index contributed by atoms with van der Waals surface area (Å²) in [6, 6.07) is 6.65.